The van der Waals surface area contributed by atoms with Crippen LogP contribution in [0.3, 0.4) is 0 Å². The Labute approximate surface area is 275 Å². The van der Waals surface area contributed by atoms with Crippen LogP contribution in [-0.4, -0.2) is 41.1 Å². The van der Waals surface area contributed by atoms with E-state index in [1.165, 1.54) is 19.3 Å². The topological polar surface area (TPSA) is 115 Å². The molecule has 0 bridgehead atoms. The Morgan fingerprint density at radius 3 is 2.43 bits per heavy atom. The number of nitrogens with one attached hydrogen (secondary N) is 1. The Morgan fingerprint density at radius 1 is 1.02 bits per heavy atom. The lowest BCUT2D eigenvalue weighted by Gasteiger charge is -2.41. The number of amides is 1. The molecule has 236 valence electrons. The van der Waals surface area contributed by atoms with Gasteiger partial charge >= 0.3 is 5.97 Å². The highest BCUT2D eigenvalue weighted by Gasteiger charge is 2.44. The summed E-state index contributed by atoms with van der Waals surface area (Å²) in [5.74, 6) is 0.438. The van der Waals surface area contributed by atoms with Crippen LogP contribution in [0.25, 0.3) is 39.5 Å². The maximum absolute atomic E-state index is 14.0. The highest BCUT2D eigenvalue weighted by Crippen LogP contribution is 2.43. The van der Waals surface area contributed by atoms with Gasteiger partial charge in [0.05, 0.1) is 26.7 Å². The molecule has 2 aliphatic rings. The molecule has 0 saturated heterocycles. The number of halogens is 1. The van der Waals surface area contributed by atoms with Crippen molar-refractivity contribution in [2.24, 2.45) is 7.05 Å². The third kappa shape index (κ3) is 5.22. The molecule has 0 aliphatic heterocycles. The molecule has 0 unspecified atom stereocenters. The van der Waals surface area contributed by atoms with E-state index in [0.717, 1.165) is 81.2 Å². The molecule has 46 heavy (non-hydrogen) atoms. The molecule has 0 atom stereocenters. The summed E-state index contributed by atoms with van der Waals surface area (Å²) in [6.45, 7) is 3.69. The van der Waals surface area contributed by atoms with Crippen molar-refractivity contribution >= 4 is 55.8 Å². The first-order chi connectivity index (χ1) is 22.1. The van der Waals surface area contributed by atoms with Crippen LogP contribution in [0, 0.1) is 6.92 Å². The predicted octanol–water partition coefficient (Wildman–Crippen LogP) is 7.86. The van der Waals surface area contributed by atoms with Crippen LogP contribution < -0.4 is 5.32 Å². The van der Waals surface area contributed by atoms with Gasteiger partial charge < -0.3 is 19.6 Å². The van der Waals surface area contributed by atoms with Gasteiger partial charge in [-0.1, -0.05) is 25.3 Å². The molecule has 2 aromatic carbocycles. The van der Waals surface area contributed by atoms with Crippen molar-refractivity contribution in [2.45, 2.75) is 76.8 Å². The first-order valence-electron chi connectivity index (χ1n) is 16.0. The summed E-state index contributed by atoms with van der Waals surface area (Å²) in [6, 6.07) is 12.2. The van der Waals surface area contributed by atoms with Crippen molar-refractivity contribution in [3.8, 4) is 11.5 Å². The van der Waals surface area contributed by atoms with Gasteiger partial charge in [-0.3, -0.25) is 4.79 Å². The van der Waals surface area contributed by atoms with E-state index in [9.17, 15) is 14.7 Å². The third-order valence-corrected chi connectivity index (χ3v) is 10.3. The normalized spacial score (nSPS) is 16.9. The molecule has 7 rings (SSSR count). The van der Waals surface area contributed by atoms with Crippen molar-refractivity contribution in [1.82, 2.24) is 29.4 Å². The molecule has 3 heterocycles. The fourth-order valence-electron chi connectivity index (χ4n) is 7.31. The van der Waals surface area contributed by atoms with Gasteiger partial charge in [-0.15, -0.1) is 0 Å². The highest BCUT2D eigenvalue weighted by molar-refractivity contribution is 9.10. The molecule has 10 heteroatoms. The molecule has 1 amide bonds. The lowest BCUT2D eigenvalue weighted by Crippen LogP contribution is -2.52. The summed E-state index contributed by atoms with van der Waals surface area (Å²) >= 11 is 3.47. The van der Waals surface area contributed by atoms with Crippen LogP contribution in [0.2, 0.25) is 0 Å². The van der Waals surface area contributed by atoms with Crippen molar-refractivity contribution in [3.05, 3.63) is 81.4 Å². The van der Waals surface area contributed by atoms with E-state index in [0.29, 0.717) is 17.4 Å². The lowest BCUT2D eigenvalue weighted by atomic mass is 9.75. The fraction of sp³-hybridized carbons (Fsp3) is 0.361. The number of aromatic nitrogens is 5. The molecule has 0 radical (unpaired) electrons. The van der Waals surface area contributed by atoms with Crippen LogP contribution in [0.1, 0.15) is 91.6 Å². The van der Waals surface area contributed by atoms with Gasteiger partial charge in [0.2, 0.25) is 0 Å². The minimum Gasteiger partial charge on any atom is -0.478 e. The number of hydrogen-bond acceptors (Lipinski definition) is 5. The summed E-state index contributed by atoms with van der Waals surface area (Å²) < 4.78 is 5.29. The Kier molecular flexibility index (Phi) is 7.79. The van der Waals surface area contributed by atoms with E-state index in [4.69, 9.17) is 4.98 Å². The number of rotatable bonds is 7. The predicted molar refractivity (Wildman–Crippen MR) is 183 cm³/mol. The number of nitrogens with zero attached hydrogens (tertiary/aromatic N) is 5. The van der Waals surface area contributed by atoms with E-state index >= 15 is 0 Å². The summed E-state index contributed by atoms with van der Waals surface area (Å²) in [5.41, 5.74) is 6.02. The number of benzene rings is 2. The molecular formula is C36H37BrN6O3. The fourth-order valence-corrected chi connectivity index (χ4v) is 7.51. The average Bonchev–Trinajstić information content (AvgIpc) is 3.52. The lowest BCUT2D eigenvalue weighted by molar-refractivity contribution is -0.132. The Morgan fingerprint density at radius 2 is 1.76 bits per heavy atom. The SMILES string of the molecule is CC(=Cc1ccc2nc(C3(NC(=O)c4ccc5c(c4)c(C)c(-c4ncc(Br)cn4)n5C4CCCCC4)CCC3)n(C)c2c1)C(=O)O. The number of carboxylic acid groups (broad SMARTS) is 1. The minimum absolute atomic E-state index is 0.124. The number of fused-ring (bicyclic) bond motifs is 2. The standard InChI is InChI=1S/C36H37BrN6O3/c1-21(34(45)46)16-23-10-12-28-30(17-23)42(3)35(40-28)36(14-7-15-36)41-33(44)24-11-13-29-27(18-24)22(2)31(32-38-19-25(37)20-39-32)43(29)26-8-5-4-6-9-26/h10-13,16-20,26H,4-9,14-15H2,1-3H3,(H,41,44)(H,45,46). The quantitative estimate of drug-likeness (QED) is 0.169. The number of carboxylic acids is 1. The van der Waals surface area contributed by atoms with Gasteiger partial charge in [0.15, 0.2) is 5.82 Å². The minimum atomic E-state index is -0.946. The van der Waals surface area contributed by atoms with Gasteiger partial charge in [0.25, 0.3) is 5.91 Å². The van der Waals surface area contributed by atoms with E-state index < -0.39 is 11.5 Å². The average molecular weight is 682 g/mol. The monoisotopic (exact) mass is 680 g/mol. The number of aryl methyl sites for hydroxylation is 2. The van der Waals surface area contributed by atoms with E-state index in [-0.39, 0.29) is 11.5 Å². The first-order valence-corrected chi connectivity index (χ1v) is 16.8. The third-order valence-electron chi connectivity index (χ3n) is 9.90. The molecule has 2 aliphatic carbocycles. The number of carbonyl (C=O) groups is 2. The Balaban J connectivity index is 1.24. The molecule has 2 N–H and O–H groups in total. The smallest absolute Gasteiger partial charge is 0.331 e. The first kappa shape index (κ1) is 30.3. The molecular weight excluding hydrogens is 644 g/mol. The zero-order valence-electron chi connectivity index (χ0n) is 26.3. The van der Waals surface area contributed by atoms with Crippen LogP contribution in [-0.2, 0) is 17.4 Å². The molecule has 2 fully saturated rings. The summed E-state index contributed by atoms with van der Waals surface area (Å²) in [6.07, 6.45) is 13.7. The van der Waals surface area contributed by atoms with Crippen molar-refractivity contribution < 1.29 is 14.7 Å². The van der Waals surface area contributed by atoms with Gasteiger partial charge in [-0.25, -0.2) is 19.7 Å². The molecule has 9 nitrogen and oxygen atoms in total. The van der Waals surface area contributed by atoms with E-state index in [2.05, 4.69) is 48.8 Å². The zero-order chi connectivity index (χ0) is 32.2. The number of carbonyl (C=O) groups excluding carboxylic acids is 1. The highest BCUT2D eigenvalue weighted by atomic mass is 79.9. The second-order valence-electron chi connectivity index (χ2n) is 12.9. The number of hydrogen-bond donors (Lipinski definition) is 2. The largest absolute Gasteiger partial charge is 0.478 e. The molecule has 2 saturated carbocycles. The van der Waals surface area contributed by atoms with Gasteiger partial charge in [-0.2, -0.15) is 0 Å². The van der Waals surface area contributed by atoms with Crippen LogP contribution >= 0.6 is 15.9 Å². The van der Waals surface area contributed by atoms with Gasteiger partial charge in [0.1, 0.15) is 5.82 Å². The van der Waals surface area contributed by atoms with Crippen LogP contribution in [0.4, 0.5) is 0 Å². The van der Waals surface area contributed by atoms with Crippen molar-refractivity contribution in [3.63, 3.8) is 0 Å². The number of aliphatic carboxylic acids is 1. The van der Waals surface area contributed by atoms with Gasteiger partial charge in [-0.05, 0) is 109 Å². The van der Waals surface area contributed by atoms with E-state index in [1.807, 2.05) is 41.9 Å². The second-order valence-corrected chi connectivity index (χ2v) is 13.8. The maximum Gasteiger partial charge on any atom is 0.331 e. The van der Waals surface area contributed by atoms with Crippen molar-refractivity contribution in [1.29, 1.82) is 0 Å². The van der Waals surface area contributed by atoms with Crippen LogP contribution in [0.15, 0.2) is 58.8 Å². The summed E-state index contributed by atoms with van der Waals surface area (Å²) in [7, 11) is 1.96. The summed E-state index contributed by atoms with van der Waals surface area (Å²) in [5, 5.41) is 13.7. The van der Waals surface area contributed by atoms with Gasteiger partial charge in [0, 0.05) is 47.5 Å². The Hall–Kier alpha value is -4.31. The van der Waals surface area contributed by atoms with Crippen LogP contribution in [0.5, 0.6) is 0 Å². The molecule has 3 aromatic heterocycles. The zero-order valence-corrected chi connectivity index (χ0v) is 27.9. The van der Waals surface area contributed by atoms with E-state index in [1.54, 1.807) is 25.4 Å². The second kappa shape index (κ2) is 11.8. The number of imidazole rings is 1. The summed E-state index contributed by atoms with van der Waals surface area (Å²) in [4.78, 5) is 39.7. The molecule has 5 aromatic rings. The van der Waals surface area contributed by atoms with Crippen molar-refractivity contribution in [2.75, 3.05) is 0 Å². The maximum atomic E-state index is 14.0. The Bertz CT molecular complexity index is 2030. The molecule has 0 spiro atoms.